The molecule has 0 radical (unpaired) electrons. The molecule has 0 aliphatic heterocycles. The third-order valence-corrected chi connectivity index (χ3v) is 4.20. The summed E-state index contributed by atoms with van der Waals surface area (Å²) >= 11 is 1.49. The topological polar surface area (TPSA) is 82.3 Å². The van der Waals surface area contributed by atoms with Crippen molar-refractivity contribution in [3.05, 3.63) is 75.3 Å². The van der Waals surface area contributed by atoms with Gasteiger partial charge in [-0.05, 0) is 35.9 Å². The minimum Gasteiger partial charge on any atom is -0.458 e. The van der Waals surface area contributed by atoms with E-state index in [-0.39, 0.29) is 12.3 Å². The van der Waals surface area contributed by atoms with Crippen molar-refractivity contribution in [3.8, 4) is 0 Å². The Morgan fingerprint density at radius 2 is 1.96 bits per heavy atom. The first-order valence-corrected chi connectivity index (χ1v) is 7.87. The van der Waals surface area contributed by atoms with Crippen LogP contribution < -0.4 is 0 Å². The standard InChI is InChI=1S/C17H12N2O4S/c20-17(23-11-12-5-7-13(8-6-12)19(21)22)10-9-16-18-14-3-1-2-4-15(14)24-16/h1-10H,11H2/b10-9+. The zero-order chi connectivity index (χ0) is 16.9. The smallest absolute Gasteiger partial charge is 0.331 e. The second-order valence-corrected chi connectivity index (χ2v) is 5.95. The summed E-state index contributed by atoms with van der Waals surface area (Å²) in [4.78, 5) is 26.2. The average molecular weight is 340 g/mol. The number of ether oxygens (including phenoxy) is 1. The molecule has 120 valence electrons. The van der Waals surface area contributed by atoms with Crippen molar-refractivity contribution < 1.29 is 14.5 Å². The van der Waals surface area contributed by atoms with Crippen LogP contribution in [0.5, 0.6) is 0 Å². The molecule has 0 N–H and O–H groups in total. The van der Waals surface area contributed by atoms with Gasteiger partial charge in [0.2, 0.25) is 0 Å². The lowest BCUT2D eigenvalue weighted by atomic mass is 10.2. The van der Waals surface area contributed by atoms with Gasteiger partial charge >= 0.3 is 5.97 Å². The van der Waals surface area contributed by atoms with Gasteiger partial charge < -0.3 is 4.74 Å². The van der Waals surface area contributed by atoms with Crippen LogP contribution in [0.3, 0.4) is 0 Å². The van der Waals surface area contributed by atoms with Gasteiger partial charge in [-0.15, -0.1) is 11.3 Å². The first-order valence-electron chi connectivity index (χ1n) is 7.05. The van der Waals surface area contributed by atoms with E-state index in [4.69, 9.17) is 4.74 Å². The van der Waals surface area contributed by atoms with Crippen molar-refractivity contribution in [2.45, 2.75) is 6.61 Å². The fourth-order valence-electron chi connectivity index (χ4n) is 2.02. The summed E-state index contributed by atoms with van der Waals surface area (Å²) < 4.78 is 6.16. The van der Waals surface area contributed by atoms with Gasteiger partial charge in [0.1, 0.15) is 11.6 Å². The highest BCUT2D eigenvalue weighted by atomic mass is 32.1. The summed E-state index contributed by atoms with van der Waals surface area (Å²) in [5.74, 6) is -0.493. The molecule has 6 nitrogen and oxygen atoms in total. The van der Waals surface area contributed by atoms with Gasteiger partial charge in [0.15, 0.2) is 0 Å². The molecule has 3 aromatic rings. The molecule has 0 aliphatic rings. The first kappa shape index (κ1) is 15.8. The summed E-state index contributed by atoms with van der Waals surface area (Å²) in [7, 11) is 0. The zero-order valence-corrected chi connectivity index (χ0v) is 13.2. The van der Waals surface area contributed by atoms with Crippen molar-refractivity contribution in [1.82, 2.24) is 4.98 Å². The highest BCUT2D eigenvalue weighted by Gasteiger charge is 2.05. The largest absolute Gasteiger partial charge is 0.458 e. The number of fused-ring (bicyclic) bond motifs is 1. The number of rotatable bonds is 5. The Balaban J connectivity index is 1.57. The average Bonchev–Trinajstić information content (AvgIpc) is 3.01. The number of hydrogen-bond acceptors (Lipinski definition) is 6. The van der Waals surface area contributed by atoms with Crippen molar-refractivity contribution in [3.63, 3.8) is 0 Å². The van der Waals surface area contributed by atoms with Crippen molar-refractivity contribution >= 4 is 39.3 Å². The molecule has 2 aromatic carbocycles. The summed E-state index contributed by atoms with van der Waals surface area (Å²) in [6, 6.07) is 13.6. The Kier molecular flexibility index (Phi) is 4.62. The molecule has 0 saturated carbocycles. The molecule has 0 aliphatic carbocycles. The molecule has 0 spiro atoms. The predicted molar refractivity (Wildman–Crippen MR) is 91.5 cm³/mol. The zero-order valence-electron chi connectivity index (χ0n) is 12.4. The van der Waals surface area contributed by atoms with Gasteiger partial charge in [0.25, 0.3) is 5.69 Å². The fraction of sp³-hybridized carbons (Fsp3) is 0.0588. The van der Waals surface area contributed by atoms with E-state index in [2.05, 4.69) is 4.98 Å². The Morgan fingerprint density at radius 1 is 1.21 bits per heavy atom. The van der Waals surface area contributed by atoms with E-state index in [0.29, 0.717) is 5.56 Å². The molecule has 1 aromatic heterocycles. The maximum atomic E-state index is 11.7. The molecule has 0 atom stereocenters. The van der Waals surface area contributed by atoms with Crippen LogP contribution in [0.1, 0.15) is 10.6 Å². The number of esters is 1. The lowest BCUT2D eigenvalue weighted by Crippen LogP contribution is -2.00. The summed E-state index contributed by atoms with van der Waals surface area (Å²) in [6.07, 6.45) is 2.94. The quantitative estimate of drug-likeness (QED) is 0.304. The number of nitrogens with zero attached hydrogens (tertiary/aromatic N) is 2. The fourth-order valence-corrected chi connectivity index (χ4v) is 2.89. The number of hydrogen-bond donors (Lipinski definition) is 0. The highest BCUT2D eigenvalue weighted by Crippen LogP contribution is 2.22. The SMILES string of the molecule is O=C(/C=C/c1nc2ccccc2s1)OCc1ccc([N+](=O)[O-])cc1. The molecule has 0 saturated heterocycles. The van der Waals surface area contributed by atoms with E-state index in [1.54, 1.807) is 18.2 Å². The predicted octanol–water partition coefficient (Wildman–Crippen LogP) is 3.96. The summed E-state index contributed by atoms with van der Waals surface area (Å²) in [5.41, 5.74) is 1.57. The van der Waals surface area contributed by atoms with Crippen LogP contribution in [0.2, 0.25) is 0 Å². The number of carbonyl (C=O) groups excluding carboxylic acids is 1. The normalized spacial score (nSPS) is 11.0. The van der Waals surface area contributed by atoms with Crippen molar-refractivity contribution in [2.24, 2.45) is 0 Å². The summed E-state index contributed by atoms with van der Waals surface area (Å²) in [6.45, 7) is 0.0566. The molecule has 0 fully saturated rings. The molecular formula is C17H12N2O4S. The number of thiazole rings is 1. The van der Waals surface area contributed by atoms with E-state index in [1.165, 1.54) is 29.5 Å². The maximum Gasteiger partial charge on any atom is 0.331 e. The molecule has 0 amide bonds. The number of aromatic nitrogens is 1. The van der Waals surface area contributed by atoms with Gasteiger partial charge in [0, 0.05) is 18.2 Å². The molecule has 3 rings (SSSR count). The van der Waals surface area contributed by atoms with E-state index in [0.717, 1.165) is 15.2 Å². The van der Waals surface area contributed by atoms with Crippen molar-refractivity contribution in [2.75, 3.05) is 0 Å². The van der Waals surface area contributed by atoms with Gasteiger partial charge in [-0.1, -0.05) is 12.1 Å². The third kappa shape index (κ3) is 3.82. The van der Waals surface area contributed by atoms with Crippen LogP contribution >= 0.6 is 11.3 Å². The van der Waals surface area contributed by atoms with Crippen molar-refractivity contribution in [1.29, 1.82) is 0 Å². The van der Waals surface area contributed by atoms with Crippen LogP contribution in [0.4, 0.5) is 5.69 Å². The lowest BCUT2D eigenvalue weighted by Gasteiger charge is -2.01. The van der Waals surface area contributed by atoms with Crippen LogP contribution in [-0.4, -0.2) is 15.9 Å². The minimum absolute atomic E-state index is 0.000748. The van der Waals surface area contributed by atoms with E-state index in [1.807, 2.05) is 24.3 Å². The molecule has 1 heterocycles. The van der Waals surface area contributed by atoms with E-state index >= 15 is 0 Å². The molecule has 7 heteroatoms. The number of para-hydroxylation sites is 1. The van der Waals surface area contributed by atoms with Crippen LogP contribution in [0.25, 0.3) is 16.3 Å². The van der Waals surface area contributed by atoms with Gasteiger partial charge in [0.05, 0.1) is 15.1 Å². The third-order valence-electron chi connectivity index (χ3n) is 3.20. The van der Waals surface area contributed by atoms with Gasteiger partial charge in [-0.25, -0.2) is 9.78 Å². The number of carbonyl (C=O) groups is 1. The lowest BCUT2D eigenvalue weighted by molar-refractivity contribution is -0.384. The second-order valence-electron chi connectivity index (χ2n) is 4.88. The Labute approximate surface area is 141 Å². The van der Waals surface area contributed by atoms with Crippen LogP contribution in [0, 0.1) is 10.1 Å². The molecule has 0 bridgehead atoms. The van der Waals surface area contributed by atoms with Gasteiger partial charge in [-0.2, -0.15) is 0 Å². The number of non-ortho nitro benzene ring substituents is 1. The Hall–Kier alpha value is -3.06. The monoisotopic (exact) mass is 340 g/mol. The second kappa shape index (κ2) is 7.01. The maximum absolute atomic E-state index is 11.7. The molecule has 24 heavy (non-hydrogen) atoms. The Bertz CT molecular complexity index is 883. The van der Waals surface area contributed by atoms with Gasteiger partial charge in [-0.3, -0.25) is 10.1 Å². The van der Waals surface area contributed by atoms with E-state index in [9.17, 15) is 14.9 Å². The minimum atomic E-state index is -0.493. The molecule has 0 unspecified atom stereocenters. The number of nitro benzene ring substituents is 1. The Morgan fingerprint density at radius 3 is 2.67 bits per heavy atom. The van der Waals surface area contributed by atoms with Crippen LogP contribution in [-0.2, 0) is 16.1 Å². The number of nitro groups is 1. The van der Waals surface area contributed by atoms with E-state index < -0.39 is 10.9 Å². The van der Waals surface area contributed by atoms with Crippen LogP contribution in [0.15, 0.2) is 54.6 Å². The summed E-state index contributed by atoms with van der Waals surface area (Å²) in [5, 5.41) is 11.3. The number of benzene rings is 2. The first-order chi connectivity index (χ1) is 11.6. The highest BCUT2D eigenvalue weighted by molar-refractivity contribution is 7.19. The molecular weight excluding hydrogens is 328 g/mol.